The summed E-state index contributed by atoms with van der Waals surface area (Å²) in [6, 6.07) is 0. The molecule has 1 aliphatic heterocycles. The topological polar surface area (TPSA) is 29.4 Å². The average Bonchev–Trinajstić information content (AvgIpc) is 1.90. The normalized spacial score (nSPS) is 17.1. The second-order valence-electron chi connectivity index (χ2n) is 2.34. The van der Waals surface area contributed by atoms with Gasteiger partial charge in [0.05, 0.1) is 5.71 Å². The second kappa shape index (κ2) is 4.45. The van der Waals surface area contributed by atoms with E-state index < -0.39 is 0 Å². The number of carbonyl (C=O) groups excluding carboxylic acids is 1. The van der Waals surface area contributed by atoms with Crippen molar-refractivity contribution in [2.24, 2.45) is 4.99 Å². The van der Waals surface area contributed by atoms with Crippen molar-refractivity contribution in [2.75, 3.05) is 6.54 Å². The molecule has 0 saturated heterocycles. The van der Waals surface area contributed by atoms with Crippen molar-refractivity contribution < 1.29 is 4.79 Å². The maximum absolute atomic E-state index is 10.7. The molecule has 1 aliphatic rings. The summed E-state index contributed by atoms with van der Waals surface area (Å²) in [5, 5.41) is 0. The van der Waals surface area contributed by atoms with Gasteiger partial charge in [0.1, 0.15) is 0 Å². The molecule has 1 heterocycles. The molecule has 0 radical (unpaired) electrons. The maximum Gasteiger partial charge on any atom is 0.173 e. The molecular formula is C7H12ClNO. The van der Waals surface area contributed by atoms with Crippen molar-refractivity contribution in [3.63, 3.8) is 0 Å². The molecule has 0 aromatic carbocycles. The van der Waals surface area contributed by atoms with Crippen LogP contribution in [-0.4, -0.2) is 18.0 Å². The molecule has 0 spiro atoms. The highest BCUT2D eigenvalue weighted by atomic mass is 35.5. The first-order chi connectivity index (χ1) is 4.30. The number of hydrogen-bond donors (Lipinski definition) is 0. The smallest absolute Gasteiger partial charge is 0.173 e. The van der Waals surface area contributed by atoms with Gasteiger partial charge in [-0.05, 0) is 19.3 Å². The van der Waals surface area contributed by atoms with Gasteiger partial charge in [0, 0.05) is 13.5 Å². The van der Waals surface area contributed by atoms with E-state index in [1.54, 1.807) is 6.92 Å². The third kappa shape index (κ3) is 2.48. The van der Waals surface area contributed by atoms with E-state index in [0.717, 1.165) is 31.5 Å². The fourth-order valence-electron chi connectivity index (χ4n) is 0.985. The van der Waals surface area contributed by atoms with E-state index in [1.165, 1.54) is 0 Å². The lowest BCUT2D eigenvalue weighted by atomic mass is 10.1. The summed E-state index contributed by atoms with van der Waals surface area (Å²) in [4.78, 5) is 14.8. The minimum Gasteiger partial charge on any atom is -0.293 e. The maximum atomic E-state index is 10.7. The molecule has 0 saturated carbocycles. The van der Waals surface area contributed by atoms with Crippen LogP contribution in [0, 0.1) is 0 Å². The number of Topliss-reactive ketones (excluding diaryl/α,β-unsaturated/α-hetero) is 1. The monoisotopic (exact) mass is 163 g/mol. The fraction of sp³-hybridized carbons (Fsp3) is 0.714. The average molecular weight is 164 g/mol. The molecule has 0 amide bonds. The third-order valence-corrected chi connectivity index (χ3v) is 1.53. The Morgan fingerprint density at radius 1 is 1.50 bits per heavy atom. The first-order valence-corrected chi connectivity index (χ1v) is 3.35. The Labute approximate surface area is 67.1 Å². The summed E-state index contributed by atoms with van der Waals surface area (Å²) in [6.07, 6.45) is 3.19. The highest BCUT2D eigenvalue weighted by Crippen LogP contribution is 2.05. The summed E-state index contributed by atoms with van der Waals surface area (Å²) < 4.78 is 0. The van der Waals surface area contributed by atoms with E-state index in [9.17, 15) is 4.79 Å². The van der Waals surface area contributed by atoms with E-state index in [0.29, 0.717) is 0 Å². The lowest BCUT2D eigenvalue weighted by Crippen LogP contribution is -2.14. The van der Waals surface area contributed by atoms with Crippen molar-refractivity contribution in [1.82, 2.24) is 0 Å². The highest BCUT2D eigenvalue weighted by Gasteiger charge is 2.07. The number of aliphatic imine (C=N–C) groups is 1. The van der Waals surface area contributed by atoms with Gasteiger partial charge in [-0.25, -0.2) is 0 Å². The Morgan fingerprint density at radius 3 is 2.50 bits per heavy atom. The molecule has 0 aliphatic carbocycles. The van der Waals surface area contributed by atoms with Crippen LogP contribution in [0.1, 0.15) is 26.2 Å². The van der Waals surface area contributed by atoms with Gasteiger partial charge in [0.15, 0.2) is 5.78 Å². The lowest BCUT2D eigenvalue weighted by Gasteiger charge is -2.07. The number of nitrogens with zero attached hydrogens (tertiary/aromatic N) is 1. The molecule has 2 nitrogen and oxygen atoms in total. The van der Waals surface area contributed by atoms with Gasteiger partial charge in [-0.1, -0.05) is 0 Å². The molecule has 3 heteroatoms. The van der Waals surface area contributed by atoms with Gasteiger partial charge < -0.3 is 0 Å². The highest BCUT2D eigenvalue weighted by molar-refractivity contribution is 6.39. The van der Waals surface area contributed by atoms with Crippen LogP contribution in [0.25, 0.3) is 0 Å². The summed E-state index contributed by atoms with van der Waals surface area (Å²) in [5.74, 6) is 0.148. The first kappa shape index (κ1) is 9.63. The number of halogens is 1. The van der Waals surface area contributed by atoms with E-state index in [2.05, 4.69) is 4.99 Å². The minimum absolute atomic E-state index is 0. The zero-order valence-corrected chi connectivity index (χ0v) is 6.91. The van der Waals surface area contributed by atoms with Crippen molar-refractivity contribution in [2.45, 2.75) is 26.2 Å². The van der Waals surface area contributed by atoms with Crippen molar-refractivity contribution >= 4 is 23.9 Å². The van der Waals surface area contributed by atoms with Gasteiger partial charge in [0.2, 0.25) is 0 Å². The number of carbonyl (C=O) groups is 1. The Morgan fingerprint density at radius 2 is 2.20 bits per heavy atom. The van der Waals surface area contributed by atoms with Gasteiger partial charge >= 0.3 is 0 Å². The van der Waals surface area contributed by atoms with Crippen LogP contribution in [0.2, 0.25) is 0 Å². The summed E-state index contributed by atoms with van der Waals surface area (Å²) in [7, 11) is 0. The van der Waals surface area contributed by atoms with Crippen LogP contribution >= 0.6 is 12.4 Å². The van der Waals surface area contributed by atoms with Gasteiger partial charge in [-0.15, -0.1) is 12.4 Å². The van der Waals surface area contributed by atoms with Crippen LogP contribution in [-0.2, 0) is 4.79 Å². The largest absolute Gasteiger partial charge is 0.293 e. The minimum atomic E-state index is 0. The predicted molar refractivity (Wildman–Crippen MR) is 44.1 cm³/mol. The quantitative estimate of drug-likeness (QED) is 0.541. The van der Waals surface area contributed by atoms with Gasteiger partial charge in [-0.2, -0.15) is 0 Å². The van der Waals surface area contributed by atoms with Crippen LogP contribution < -0.4 is 0 Å². The molecule has 0 unspecified atom stereocenters. The molecule has 1 rings (SSSR count). The SMILES string of the molecule is Cl.[13CH3][13C](=O)C1=NCCCC1. The Balaban J connectivity index is 0.000000810. The van der Waals surface area contributed by atoms with Gasteiger partial charge in [-0.3, -0.25) is 9.79 Å². The zero-order chi connectivity index (χ0) is 6.69. The molecule has 0 bridgehead atoms. The summed E-state index contributed by atoms with van der Waals surface area (Å²) >= 11 is 0. The molecule has 0 fully saturated rings. The van der Waals surface area contributed by atoms with Crippen LogP contribution in [0.5, 0.6) is 0 Å². The number of rotatable bonds is 1. The second-order valence-corrected chi connectivity index (χ2v) is 2.34. The van der Waals surface area contributed by atoms with Crippen LogP contribution in [0.4, 0.5) is 0 Å². The summed E-state index contributed by atoms with van der Waals surface area (Å²) in [6.45, 7) is 2.44. The van der Waals surface area contributed by atoms with E-state index in [-0.39, 0.29) is 18.2 Å². The van der Waals surface area contributed by atoms with Crippen LogP contribution in [0.15, 0.2) is 4.99 Å². The zero-order valence-electron chi connectivity index (χ0n) is 6.09. The lowest BCUT2D eigenvalue weighted by molar-refractivity contribution is -0.111. The van der Waals surface area contributed by atoms with E-state index in [4.69, 9.17) is 0 Å². The molecule has 0 aromatic rings. The Bertz CT molecular complexity index is 154. The molecular weight excluding hydrogens is 152 g/mol. The van der Waals surface area contributed by atoms with Gasteiger partial charge in [0.25, 0.3) is 0 Å². The van der Waals surface area contributed by atoms with Crippen molar-refractivity contribution in [1.29, 1.82) is 0 Å². The third-order valence-electron chi connectivity index (χ3n) is 1.53. The van der Waals surface area contributed by atoms with Crippen molar-refractivity contribution in [3.8, 4) is 0 Å². The summed E-state index contributed by atoms with van der Waals surface area (Å²) in [5.41, 5.74) is 0.793. The van der Waals surface area contributed by atoms with E-state index in [1.807, 2.05) is 0 Å². The molecule has 58 valence electrons. The van der Waals surface area contributed by atoms with Crippen molar-refractivity contribution in [3.05, 3.63) is 0 Å². The molecule has 0 atom stereocenters. The first-order valence-electron chi connectivity index (χ1n) is 3.35. The molecule has 10 heavy (non-hydrogen) atoms. The molecule has 0 N–H and O–H groups in total. The standard InChI is InChI=1S/C7H11NO.ClH/c1-6(9)7-4-2-3-5-8-7;/h2-5H2,1H3;1H/i1+1,6+1;. The fourth-order valence-corrected chi connectivity index (χ4v) is 0.985. The predicted octanol–water partition coefficient (Wildman–Crippen LogP) is 1.62. The number of hydrogen-bond acceptors (Lipinski definition) is 2. The van der Waals surface area contributed by atoms with Crippen LogP contribution in [0.3, 0.4) is 0 Å². The Hall–Kier alpha value is -0.370. The Kier molecular flexibility index (Phi) is 4.28. The number of ketones is 1. The molecule has 0 aromatic heterocycles. The van der Waals surface area contributed by atoms with E-state index >= 15 is 0 Å².